The van der Waals surface area contributed by atoms with Gasteiger partial charge in [-0.15, -0.1) is 0 Å². The number of aryl methyl sites for hydroxylation is 1. The minimum absolute atomic E-state index is 0.0209. The maximum Gasteiger partial charge on any atom is 0.315 e. The van der Waals surface area contributed by atoms with E-state index in [9.17, 15) is 26.4 Å². The number of carbonyl (C=O) groups is 2. The third-order valence-electron chi connectivity index (χ3n) is 9.10. The number of benzene rings is 3. The Morgan fingerprint density at radius 2 is 1.43 bits per heavy atom. The van der Waals surface area contributed by atoms with Crippen LogP contribution in [0.3, 0.4) is 0 Å². The first kappa shape index (κ1) is 38.4. The van der Waals surface area contributed by atoms with Crippen LogP contribution >= 0.6 is 11.6 Å². The number of halogens is 2. The number of unbranched alkanes of at least 4 members (excludes halogenated alkanes) is 6. The Morgan fingerprint density at radius 1 is 0.804 bits per heavy atom. The van der Waals surface area contributed by atoms with Crippen molar-refractivity contribution in [2.75, 3.05) is 19.0 Å². The number of aliphatic imine (C=N–C) groups is 1. The predicted molar refractivity (Wildman–Crippen MR) is 192 cm³/mol. The van der Waals surface area contributed by atoms with Crippen LogP contribution in [-0.2, 0) is 45.2 Å². The van der Waals surface area contributed by atoms with Gasteiger partial charge in [0.1, 0.15) is 24.9 Å². The van der Waals surface area contributed by atoms with E-state index in [1.165, 1.54) is 49.2 Å². The van der Waals surface area contributed by atoms with E-state index in [-0.39, 0.29) is 41.6 Å². The Bertz CT molecular complexity index is 2010. The summed E-state index contributed by atoms with van der Waals surface area (Å²) in [5.74, 6) is -6.13. The first-order valence-corrected chi connectivity index (χ1v) is 20.6. The van der Waals surface area contributed by atoms with Crippen molar-refractivity contribution < 1.29 is 40.3 Å². The van der Waals surface area contributed by atoms with Crippen LogP contribution in [0.4, 0.5) is 4.39 Å². The van der Waals surface area contributed by atoms with E-state index in [0.717, 1.165) is 50.7 Å². The lowest BCUT2D eigenvalue weighted by molar-refractivity contribution is -0.154. The molecule has 0 amide bonds. The topological polar surface area (TPSA) is 133 Å². The summed E-state index contributed by atoms with van der Waals surface area (Å²) in [6.07, 6.45) is 8.48. The Morgan fingerprint density at radius 3 is 2.14 bits per heavy atom. The van der Waals surface area contributed by atoms with Gasteiger partial charge in [-0.2, -0.15) is 0 Å². The van der Waals surface area contributed by atoms with E-state index >= 15 is 4.39 Å². The van der Waals surface area contributed by atoms with Crippen LogP contribution in [0.1, 0.15) is 75.3 Å². The van der Waals surface area contributed by atoms with Crippen LogP contribution < -0.4 is 0 Å². The largest absolute Gasteiger partial charge is 0.462 e. The molecule has 0 aromatic heterocycles. The van der Waals surface area contributed by atoms with Gasteiger partial charge in [0.15, 0.2) is 9.84 Å². The van der Waals surface area contributed by atoms with Crippen LogP contribution in [0.25, 0.3) is 0 Å². The van der Waals surface area contributed by atoms with Crippen molar-refractivity contribution in [2.45, 2.75) is 80.4 Å². The van der Waals surface area contributed by atoms with Crippen molar-refractivity contribution in [1.29, 1.82) is 0 Å². The molecular weight excluding hydrogens is 717 g/mol. The van der Waals surface area contributed by atoms with E-state index in [1.54, 1.807) is 0 Å². The van der Waals surface area contributed by atoms with Crippen LogP contribution in [0, 0.1) is 11.7 Å². The molecule has 2 heterocycles. The number of allylic oxidation sites excluding steroid dienone is 1. The highest BCUT2D eigenvalue weighted by Crippen LogP contribution is 2.49. The lowest BCUT2D eigenvalue weighted by Gasteiger charge is -2.32. The Labute approximate surface area is 303 Å². The molecule has 2 aliphatic heterocycles. The summed E-state index contributed by atoms with van der Waals surface area (Å²) in [7, 11) is -8.84. The second-order valence-corrected chi connectivity index (χ2v) is 17.0. The van der Waals surface area contributed by atoms with Gasteiger partial charge in [-0.1, -0.05) is 92.2 Å². The molecule has 0 fully saturated rings. The lowest BCUT2D eigenvalue weighted by Crippen LogP contribution is -2.37. The van der Waals surface area contributed by atoms with Crippen molar-refractivity contribution in [3.05, 3.63) is 105 Å². The second kappa shape index (κ2) is 17.1. The molecule has 2 atom stereocenters. The number of hydrogen-bond donors (Lipinski definition) is 0. The standard InChI is InChI=1S/C38H41ClFNO8S2/c1-26-34(38(43)49-24-23-48-33(42)22-11-6-4-2-3-5-8-15-27-16-9-7-10-17-27)36(35-28(39)18-14-19-29(35)40)37-30(41-26)25-50(44,45)31-20-12-13-21-32(31)51(37,46)47/h7,9-10,12-14,16-21,34,36H,2-6,8,11,15,22-25H2,1H3. The number of esters is 2. The molecule has 0 aliphatic carbocycles. The maximum atomic E-state index is 15.6. The normalized spacial score (nSPS) is 18.9. The summed E-state index contributed by atoms with van der Waals surface area (Å²) in [6, 6.07) is 19.3. The molecule has 9 nitrogen and oxygen atoms in total. The van der Waals surface area contributed by atoms with E-state index in [0.29, 0.717) is 6.42 Å². The zero-order chi connectivity index (χ0) is 36.6. The van der Waals surface area contributed by atoms with Crippen LogP contribution in [0.15, 0.2) is 98.2 Å². The Balaban J connectivity index is 1.18. The highest BCUT2D eigenvalue weighted by molar-refractivity contribution is 7.97. The highest BCUT2D eigenvalue weighted by Gasteiger charge is 2.49. The Hall–Kier alpha value is -3.87. The first-order valence-electron chi connectivity index (χ1n) is 17.1. The minimum Gasteiger partial charge on any atom is -0.462 e. The molecule has 0 N–H and O–H groups in total. The molecule has 2 unspecified atom stereocenters. The van der Waals surface area contributed by atoms with Gasteiger partial charge in [0.2, 0.25) is 9.84 Å². The molecule has 2 aliphatic rings. The number of ether oxygens (including phenoxy) is 2. The maximum absolute atomic E-state index is 15.6. The van der Waals surface area contributed by atoms with Crippen molar-refractivity contribution in [1.82, 2.24) is 0 Å². The molecule has 3 aromatic rings. The number of fused-ring (bicyclic) bond motifs is 1. The van der Waals surface area contributed by atoms with E-state index in [1.807, 2.05) is 6.07 Å². The van der Waals surface area contributed by atoms with Crippen LogP contribution in [0.2, 0.25) is 5.02 Å². The molecule has 0 radical (unpaired) electrons. The molecule has 0 spiro atoms. The van der Waals surface area contributed by atoms with Crippen molar-refractivity contribution in [3.63, 3.8) is 0 Å². The molecular formula is C38H41ClFNO8S2. The lowest BCUT2D eigenvalue weighted by atomic mass is 9.80. The fraction of sp³-hybridized carbons (Fsp3) is 0.395. The van der Waals surface area contributed by atoms with Gasteiger partial charge in [0, 0.05) is 28.6 Å². The van der Waals surface area contributed by atoms with Gasteiger partial charge in [0.05, 0.1) is 26.1 Å². The molecule has 272 valence electrons. The number of rotatable bonds is 15. The summed E-state index contributed by atoms with van der Waals surface area (Å²) in [6.45, 7) is 0.836. The molecule has 0 bridgehead atoms. The quantitative estimate of drug-likeness (QED) is 0.115. The summed E-state index contributed by atoms with van der Waals surface area (Å²) >= 11 is 6.45. The molecule has 3 aromatic carbocycles. The molecule has 0 saturated carbocycles. The van der Waals surface area contributed by atoms with Gasteiger partial charge in [-0.3, -0.25) is 14.6 Å². The van der Waals surface area contributed by atoms with E-state index in [2.05, 4.69) is 29.3 Å². The second-order valence-electron chi connectivity index (χ2n) is 12.7. The monoisotopic (exact) mass is 757 g/mol. The summed E-state index contributed by atoms with van der Waals surface area (Å²) < 4.78 is 81.4. The highest BCUT2D eigenvalue weighted by atomic mass is 35.5. The zero-order valence-corrected chi connectivity index (χ0v) is 30.7. The fourth-order valence-electron chi connectivity index (χ4n) is 6.64. The summed E-state index contributed by atoms with van der Waals surface area (Å²) in [4.78, 5) is 28.8. The smallest absolute Gasteiger partial charge is 0.315 e. The van der Waals surface area contributed by atoms with Gasteiger partial charge < -0.3 is 9.47 Å². The molecule has 5 rings (SSSR count). The SMILES string of the molecule is CC1=NC2=C(C(c3c(F)cccc3Cl)C1C(=O)OCCOC(=O)CCCCCCCCCc1ccccc1)S(=O)(=O)c1ccccc1S(=O)(=O)C2. The average molecular weight is 758 g/mol. The van der Waals surface area contributed by atoms with Crippen molar-refractivity contribution >= 4 is 48.9 Å². The Kier molecular flexibility index (Phi) is 12.9. The van der Waals surface area contributed by atoms with Crippen molar-refractivity contribution in [2.24, 2.45) is 10.9 Å². The van der Waals surface area contributed by atoms with Gasteiger partial charge in [-0.05, 0) is 56.0 Å². The minimum atomic E-state index is -4.65. The molecule has 13 heteroatoms. The van der Waals surface area contributed by atoms with Crippen molar-refractivity contribution in [3.8, 4) is 0 Å². The van der Waals surface area contributed by atoms with Gasteiger partial charge in [0.25, 0.3) is 0 Å². The molecule has 51 heavy (non-hydrogen) atoms. The number of sulfone groups is 2. The van der Waals surface area contributed by atoms with Crippen LogP contribution in [0.5, 0.6) is 0 Å². The number of hydrogen-bond acceptors (Lipinski definition) is 9. The number of carbonyl (C=O) groups excluding carboxylic acids is 2. The van der Waals surface area contributed by atoms with Crippen LogP contribution in [-0.4, -0.2) is 53.5 Å². The summed E-state index contributed by atoms with van der Waals surface area (Å²) in [5, 5.41) is -0.160. The zero-order valence-electron chi connectivity index (χ0n) is 28.4. The molecule has 0 saturated heterocycles. The van der Waals surface area contributed by atoms with E-state index in [4.69, 9.17) is 21.1 Å². The number of nitrogens with zero attached hydrogens (tertiary/aromatic N) is 1. The van der Waals surface area contributed by atoms with E-state index < -0.39 is 69.7 Å². The third-order valence-corrected chi connectivity index (χ3v) is 13.2. The average Bonchev–Trinajstić information content (AvgIpc) is 3.15. The van der Waals surface area contributed by atoms with Gasteiger partial charge in [-0.25, -0.2) is 21.2 Å². The van der Waals surface area contributed by atoms with Gasteiger partial charge >= 0.3 is 11.9 Å². The first-order chi connectivity index (χ1) is 24.4. The summed E-state index contributed by atoms with van der Waals surface area (Å²) in [5.41, 5.74) is 0.747. The fourth-order valence-corrected chi connectivity index (χ4v) is 11.0. The third kappa shape index (κ3) is 9.14. The predicted octanol–water partition coefficient (Wildman–Crippen LogP) is 7.58.